The van der Waals surface area contributed by atoms with E-state index in [1.54, 1.807) is 6.07 Å². The fraction of sp³-hybridized carbons (Fsp3) is 0.500. The van der Waals surface area contributed by atoms with Gasteiger partial charge in [-0.1, -0.05) is 17.7 Å². The summed E-state index contributed by atoms with van der Waals surface area (Å²) in [4.78, 5) is 0. The lowest BCUT2D eigenvalue weighted by atomic mass is 10.2. The van der Waals surface area contributed by atoms with Crippen LogP contribution in [0.5, 0.6) is 5.75 Å². The minimum atomic E-state index is 0.456. The molecule has 0 spiro atoms. The van der Waals surface area contributed by atoms with Gasteiger partial charge in [0.05, 0.1) is 6.61 Å². The summed E-state index contributed by atoms with van der Waals surface area (Å²) in [6.07, 6.45) is 0.865. The van der Waals surface area contributed by atoms with Crippen molar-refractivity contribution in [1.82, 2.24) is 0 Å². The molecule has 0 bridgehead atoms. The van der Waals surface area contributed by atoms with Crippen LogP contribution in [0.4, 0.5) is 0 Å². The van der Waals surface area contributed by atoms with Crippen LogP contribution < -0.4 is 10.5 Å². The largest absolute Gasteiger partial charge is 0.493 e. The molecule has 0 saturated carbocycles. The summed E-state index contributed by atoms with van der Waals surface area (Å²) in [5.41, 5.74) is 6.58. The summed E-state index contributed by atoms with van der Waals surface area (Å²) in [5.74, 6) is 0.770. The minimum Gasteiger partial charge on any atom is -0.493 e. The van der Waals surface area contributed by atoms with Gasteiger partial charge >= 0.3 is 0 Å². The lowest BCUT2D eigenvalue weighted by molar-refractivity contribution is 0.130. The summed E-state index contributed by atoms with van der Waals surface area (Å²) >= 11 is 5.89. The highest BCUT2D eigenvalue weighted by Crippen LogP contribution is 2.23. The van der Waals surface area contributed by atoms with Gasteiger partial charge in [0.25, 0.3) is 0 Å². The first kappa shape index (κ1) is 13.3. The first-order valence-corrected chi connectivity index (χ1v) is 5.84. The van der Waals surface area contributed by atoms with Gasteiger partial charge in [-0.15, -0.1) is 0 Å². The van der Waals surface area contributed by atoms with Crippen LogP contribution in [0.15, 0.2) is 18.2 Å². The molecule has 0 aliphatic carbocycles. The molecule has 0 radical (unpaired) electrons. The maximum Gasteiger partial charge on any atom is 0.125 e. The number of nitrogens with two attached hydrogens (primary N) is 1. The number of hydrogen-bond donors (Lipinski definition) is 1. The second kappa shape index (κ2) is 7.49. The van der Waals surface area contributed by atoms with Crippen LogP contribution in [0.3, 0.4) is 0 Å². The molecule has 3 nitrogen and oxygen atoms in total. The molecule has 90 valence electrons. The van der Waals surface area contributed by atoms with E-state index in [0.29, 0.717) is 18.2 Å². The van der Waals surface area contributed by atoms with Gasteiger partial charge < -0.3 is 15.2 Å². The van der Waals surface area contributed by atoms with Crippen molar-refractivity contribution < 1.29 is 9.47 Å². The molecule has 0 aromatic heterocycles. The van der Waals surface area contributed by atoms with Crippen molar-refractivity contribution in [2.24, 2.45) is 5.73 Å². The number of rotatable bonds is 7. The van der Waals surface area contributed by atoms with E-state index in [-0.39, 0.29) is 0 Å². The average Bonchev–Trinajstić information content (AvgIpc) is 2.29. The molecule has 0 atom stereocenters. The molecule has 2 N–H and O–H groups in total. The van der Waals surface area contributed by atoms with Crippen molar-refractivity contribution in [1.29, 1.82) is 0 Å². The summed E-state index contributed by atoms with van der Waals surface area (Å²) in [6, 6.07) is 5.50. The monoisotopic (exact) mass is 243 g/mol. The SMILES string of the molecule is CCOCCCOc1cc(Cl)ccc1CN. The van der Waals surface area contributed by atoms with Crippen LogP contribution >= 0.6 is 11.6 Å². The van der Waals surface area contributed by atoms with Crippen molar-refractivity contribution in [3.63, 3.8) is 0 Å². The zero-order chi connectivity index (χ0) is 11.8. The minimum absolute atomic E-state index is 0.456. The molecule has 1 aromatic rings. The Balaban J connectivity index is 2.42. The number of ether oxygens (including phenoxy) is 2. The van der Waals surface area contributed by atoms with Crippen molar-refractivity contribution in [2.45, 2.75) is 19.9 Å². The fourth-order valence-electron chi connectivity index (χ4n) is 1.32. The van der Waals surface area contributed by atoms with E-state index in [1.807, 2.05) is 19.1 Å². The van der Waals surface area contributed by atoms with Crippen molar-refractivity contribution in [3.05, 3.63) is 28.8 Å². The summed E-state index contributed by atoms with van der Waals surface area (Å²) in [6.45, 7) is 4.51. The van der Waals surface area contributed by atoms with Crippen molar-refractivity contribution in [3.8, 4) is 5.75 Å². The van der Waals surface area contributed by atoms with E-state index < -0.39 is 0 Å². The average molecular weight is 244 g/mol. The van der Waals surface area contributed by atoms with E-state index in [4.69, 9.17) is 26.8 Å². The van der Waals surface area contributed by atoms with Crippen LogP contribution in [0, 0.1) is 0 Å². The van der Waals surface area contributed by atoms with Gasteiger partial charge in [-0.25, -0.2) is 0 Å². The molecule has 0 aliphatic rings. The first-order valence-electron chi connectivity index (χ1n) is 5.47. The summed E-state index contributed by atoms with van der Waals surface area (Å²) in [7, 11) is 0. The predicted octanol–water partition coefficient (Wildman–Crippen LogP) is 2.60. The fourth-order valence-corrected chi connectivity index (χ4v) is 1.48. The lowest BCUT2D eigenvalue weighted by Gasteiger charge is -2.10. The van der Waals surface area contributed by atoms with Crippen LogP contribution in [0.2, 0.25) is 5.02 Å². The molecule has 0 unspecified atom stereocenters. The van der Waals surface area contributed by atoms with Crippen LogP contribution in [0.25, 0.3) is 0 Å². The topological polar surface area (TPSA) is 44.5 Å². The number of benzene rings is 1. The summed E-state index contributed by atoms with van der Waals surface area (Å²) < 4.78 is 10.8. The highest BCUT2D eigenvalue weighted by molar-refractivity contribution is 6.30. The molecule has 1 rings (SSSR count). The van der Waals surface area contributed by atoms with Gasteiger partial charge in [0, 0.05) is 36.8 Å². The second-order valence-corrected chi connectivity index (χ2v) is 3.79. The Morgan fingerprint density at radius 3 is 2.81 bits per heavy atom. The van der Waals surface area contributed by atoms with Crippen LogP contribution in [0.1, 0.15) is 18.9 Å². The Morgan fingerprint density at radius 2 is 2.12 bits per heavy atom. The zero-order valence-electron chi connectivity index (χ0n) is 9.54. The Hall–Kier alpha value is -0.770. The maximum atomic E-state index is 5.89. The standard InChI is InChI=1S/C12H18ClNO2/c1-2-15-6-3-7-16-12-8-11(13)5-4-10(12)9-14/h4-5,8H,2-3,6-7,9,14H2,1H3. The molecule has 1 aromatic carbocycles. The normalized spacial score (nSPS) is 10.4. The van der Waals surface area contributed by atoms with Gasteiger partial charge in [0.15, 0.2) is 0 Å². The van der Waals surface area contributed by atoms with Crippen LogP contribution in [-0.4, -0.2) is 19.8 Å². The molecular weight excluding hydrogens is 226 g/mol. The van der Waals surface area contributed by atoms with Gasteiger partial charge in [0.1, 0.15) is 5.75 Å². The smallest absolute Gasteiger partial charge is 0.125 e. The molecule has 4 heteroatoms. The molecule has 0 fully saturated rings. The molecule has 0 amide bonds. The third kappa shape index (κ3) is 4.39. The van der Waals surface area contributed by atoms with Gasteiger partial charge in [-0.05, 0) is 19.1 Å². The third-order valence-corrected chi connectivity index (χ3v) is 2.38. The number of hydrogen-bond acceptors (Lipinski definition) is 3. The third-order valence-electron chi connectivity index (χ3n) is 2.14. The summed E-state index contributed by atoms with van der Waals surface area (Å²) in [5, 5.41) is 0.664. The van der Waals surface area contributed by atoms with E-state index in [2.05, 4.69) is 0 Å². The second-order valence-electron chi connectivity index (χ2n) is 3.36. The van der Waals surface area contributed by atoms with Crippen LogP contribution in [-0.2, 0) is 11.3 Å². The van der Waals surface area contributed by atoms with E-state index in [0.717, 1.165) is 30.9 Å². The lowest BCUT2D eigenvalue weighted by Crippen LogP contribution is -2.06. The van der Waals surface area contributed by atoms with Crippen molar-refractivity contribution >= 4 is 11.6 Å². The van der Waals surface area contributed by atoms with E-state index in [9.17, 15) is 0 Å². The highest BCUT2D eigenvalue weighted by Gasteiger charge is 2.02. The predicted molar refractivity (Wildman–Crippen MR) is 65.9 cm³/mol. The molecule has 16 heavy (non-hydrogen) atoms. The Kier molecular flexibility index (Phi) is 6.23. The van der Waals surface area contributed by atoms with Gasteiger partial charge in [-0.2, -0.15) is 0 Å². The molecular formula is C12H18ClNO2. The number of halogens is 1. The van der Waals surface area contributed by atoms with Crippen molar-refractivity contribution in [2.75, 3.05) is 19.8 Å². The van der Waals surface area contributed by atoms with E-state index in [1.165, 1.54) is 0 Å². The van der Waals surface area contributed by atoms with E-state index >= 15 is 0 Å². The molecule has 0 heterocycles. The quantitative estimate of drug-likeness (QED) is 0.749. The molecule has 0 saturated heterocycles. The van der Waals surface area contributed by atoms with Gasteiger partial charge in [-0.3, -0.25) is 0 Å². The first-order chi connectivity index (χ1) is 7.77. The maximum absolute atomic E-state index is 5.89. The Labute approximate surface area is 101 Å². The zero-order valence-corrected chi connectivity index (χ0v) is 10.3. The Morgan fingerprint density at radius 1 is 1.31 bits per heavy atom. The highest BCUT2D eigenvalue weighted by atomic mass is 35.5. The molecule has 0 aliphatic heterocycles. The van der Waals surface area contributed by atoms with Gasteiger partial charge in [0.2, 0.25) is 0 Å². The Bertz CT molecular complexity index is 318.